The molecule has 16 heavy (non-hydrogen) atoms. The highest BCUT2D eigenvalue weighted by Crippen LogP contribution is 2.24. The topological polar surface area (TPSA) is 17.1 Å². The smallest absolute Gasteiger partial charge is 0.160 e. The van der Waals surface area contributed by atoms with Gasteiger partial charge in [0.05, 0.1) is 0 Å². The van der Waals surface area contributed by atoms with Gasteiger partial charge in [0.15, 0.2) is 5.78 Å². The van der Waals surface area contributed by atoms with Crippen LogP contribution in [0.5, 0.6) is 0 Å². The van der Waals surface area contributed by atoms with E-state index >= 15 is 0 Å². The van der Waals surface area contributed by atoms with E-state index in [1.165, 1.54) is 5.56 Å². The standard InChI is InChI=1S/C15H14O/c1-11-6-5-7-13(10-11)15-9-4-3-8-14(15)12(2)16/h3-10H,1-2H3. The second-order valence-corrected chi connectivity index (χ2v) is 3.97. The molecule has 0 aliphatic rings. The van der Waals surface area contributed by atoms with Crippen LogP contribution < -0.4 is 0 Å². The molecule has 0 saturated heterocycles. The molecule has 0 spiro atoms. The van der Waals surface area contributed by atoms with Gasteiger partial charge in [-0.05, 0) is 25.0 Å². The van der Waals surface area contributed by atoms with Crippen molar-refractivity contribution in [2.75, 3.05) is 0 Å². The van der Waals surface area contributed by atoms with Gasteiger partial charge in [0.1, 0.15) is 0 Å². The number of Topliss-reactive ketones (excluding diaryl/α,β-unsaturated/α-hetero) is 1. The van der Waals surface area contributed by atoms with Gasteiger partial charge in [-0.1, -0.05) is 54.1 Å². The van der Waals surface area contributed by atoms with Crippen molar-refractivity contribution in [1.82, 2.24) is 0 Å². The molecular formula is C15H14O. The molecule has 0 N–H and O–H groups in total. The van der Waals surface area contributed by atoms with E-state index in [0.29, 0.717) is 0 Å². The Morgan fingerprint density at radius 1 is 1.00 bits per heavy atom. The lowest BCUT2D eigenvalue weighted by atomic mass is 9.96. The first-order chi connectivity index (χ1) is 7.68. The average Bonchev–Trinajstić information content (AvgIpc) is 2.29. The minimum absolute atomic E-state index is 0.108. The summed E-state index contributed by atoms with van der Waals surface area (Å²) in [7, 11) is 0. The molecule has 0 radical (unpaired) electrons. The van der Waals surface area contributed by atoms with Gasteiger partial charge in [0, 0.05) is 5.56 Å². The maximum Gasteiger partial charge on any atom is 0.160 e. The molecular weight excluding hydrogens is 196 g/mol. The highest BCUT2D eigenvalue weighted by atomic mass is 16.1. The minimum Gasteiger partial charge on any atom is -0.294 e. The van der Waals surface area contributed by atoms with Gasteiger partial charge in [-0.15, -0.1) is 0 Å². The van der Waals surface area contributed by atoms with Crippen LogP contribution in [0.1, 0.15) is 22.8 Å². The Kier molecular flexibility index (Phi) is 2.86. The van der Waals surface area contributed by atoms with Gasteiger partial charge in [-0.3, -0.25) is 4.79 Å². The fraction of sp³-hybridized carbons (Fsp3) is 0.133. The van der Waals surface area contributed by atoms with E-state index in [1.54, 1.807) is 6.92 Å². The van der Waals surface area contributed by atoms with Crippen molar-refractivity contribution in [3.63, 3.8) is 0 Å². The van der Waals surface area contributed by atoms with Crippen LogP contribution >= 0.6 is 0 Å². The van der Waals surface area contributed by atoms with Crippen LogP contribution in [0, 0.1) is 6.92 Å². The zero-order valence-corrected chi connectivity index (χ0v) is 9.53. The SMILES string of the molecule is CC(=O)c1ccccc1-c1cccc(C)c1. The Hall–Kier alpha value is -1.89. The highest BCUT2D eigenvalue weighted by molar-refractivity contribution is 6.00. The monoisotopic (exact) mass is 210 g/mol. The molecule has 2 rings (SSSR count). The van der Waals surface area contributed by atoms with Crippen LogP contribution in [0.4, 0.5) is 0 Å². The molecule has 0 unspecified atom stereocenters. The van der Waals surface area contributed by atoms with Gasteiger partial charge in [-0.25, -0.2) is 0 Å². The fourth-order valence-corrected chi connectivity index (χ4v) is 1.85. The molecule has 0 aromatic heterocycles. The first kappa shape index (κ1) is 10.6. The number of hydrogen-bond acceptors (Lipinski definition) is 1. The lowest BCUT2D eigenvalue weighted by molar-refractivity contribution is 0.101. The summed E-state index contributed by atoms with van der Waals surface area (Å²) in [5, 5.41) is 0. The van der Waals surface area contributed by atoms with Crippen LogP contribution in [0.2, 0.25) is 0 Å². The molecule has 1 heteroatoms. The predicted molar refractivity (Wildman–Crippen MR) is 66.6 cm³/mol. The van der Waals surface area contributed by atoms with Gasteiger partial charge in [-0.2, -0.15) is 0 Å². The van der Waals surface area contributed by atoms with Crippen molar-refractivity contribution in [2.24, 2.45) is 0 Å². The number of ketones is 1. The first-order valence-corrected chi connectivity index (χ1v) is 5.35. The second kappa shape index (κ2) is 4.31. The number of carbonyl (C=O) groups is 1. The van der Waals surface area contributed by atoms with E-state index in [9.17, 15) is 4.79 Å². The van der Waals surface area contributed by atoms with Crippen molar-refractivity contribution in [1.29, 1.82) is 0 Å². The molecule has 1 nitrogen and oxygen atoms in total. The zero-order valence-electron chi connectivity index (χ0n) is 9.53. The van der Waals surface area contributed by atoms with Crippen LogP contribution in [0.3, 0.4) is 0 Å². The highest BCUT2D eigenvalue weighted by Gasteiger charge is 2.07. The maximum absolute atomic E-state index is 11.5. The van der Waals surface area contributed by atoms with Crippen molar-refractivity contribution in [3.8, 4) is 11.1 Å². The Balaban J connectivity index is 2.60. The third kappa shape index (κ3) is 2.03. The van der Waals surface area contributed by atoms with Crippen LogP contribution in [0.25, 0.3) is 11.1 Å². The van der Waals surface area contributed by atoms with E-state index in [-0.39, 0.29) is 5.78 Å². The molecule has 0 heterocycles. The molecule has 2 aromatic rings. The van der Waals surface area contributed by atoms with Crippen molar-refractivity contribution >= 4 is 5.78 Å². The van der Waals surface area contributed by atoms with E-state index in [0.717, 1.165) is 16.7 Å². The van der Waals surface area contributed by atoms with Gasteiger partial charge in [0.2, 0.25) is 0 Å². The number of rotatable bonds is 2. The van der Waals surface area contributed by atoms with Crippen molar-refractivity contribution in [3.05, 3.63) is 59.7 Å². The number of aryl methyl sites for hydroxylation is 1. The lowest BCUT2D eigenvalue weighted by Crippen LogP contribution is -1.95. The number of carbonyl (C=O) groups excluding carboxylic acids is 1. The minimum atomic E-state index is 0.108. The van der Waals surface area contributed by atoms with Crippen LogP contribution in [-0.2, 0) is 0 Å². The quantitative estimate of drug-likeness (QED) is 0.688. The largest absolute Gasteiger partial charge is 0.294 e. The molecule has 0 aliphatic heterocycles. The summed E-state index contributed by atoms with van der Waals surface area (Å²) in [6, 6.07) is 15.9. The third-order valence-electron chi connectivity index (χ3n) is 2.64. The molecule has 0 bridgehead atoms. The Bertz CT molecular complexity index is 526. The molecule has 0 aliphatic carbocycles. The van der Waals surface area contributed by atoms with E-state index in [4.69, 9.17) is 0 Å². The summed E-state index contributed by atoms with van der Waals surface area (Å²) >= 11 is 0. The number of benzene rings is 2. The van der Waals surface area contributed by atoms with Crippen molar-refractivity contribution in [2.45, 2.75) is 13.8 Å². The average molecular weight is 210 g/mol. The summed E-state index contributed by atoms with van der Waals surface area (Å²) in [6.45, 7) is 3.66. The molecule has 0 amide bonds. The molecule has 0 atom stereocenters. The number of hydrogen-bond donors (Lipinski definition) is 0. The summed E-state index contributed by atoms with van der Waals surface area (Å²) in [4.78, 5) is 11.5. The van der Waals surface area contributed by atoms with Crippen LogP contribution in [0.15, 0.2) is 48.5 Å². The maximum atomic E-state index is 11.5. The van der Waals surface area contributed by atoms with Crippen LogP contribution in [-0.4, -0.2) is 5.78 Å². The molecule has 80 valence electrons. The normalized spacial score (nSPS) is 10.1. The summed E-state index contributed by atoms with van der Waals surface area (Å²) in [5.41, 5.74) is 4.11. The Labute approximate surface area is 95.7 Å². The van der Waals surface area contributed by atoms with Gasteiger partial charge < -0.3 is 0 Å². The summed E-state index contributed by atoms with van der Waals surface area (Å²) in [6.07, 6.45) is 0. The molecule has 2 aromatic carbocycles. The Morgan fingerprint density at radius 3 is 2.44 bits per heavy atom. The first-order valence-electron chi connectivity index (χ1n) is 5.35. The fourth-order valence-electron chi connectivity index (χ4n) is 1.85. The van der Waals surface area contributed by atoms with Gasteiger partial charge >= 0.3 is 0 Å². The second-order valence-electron chi connectivity index (χ2n) is 3.97. The molecule has 0 saturated carbocycles. The van der Waals surface area contributed by atoms with E-state index in [2.05, 4.69) is 19.1 Å². The molecule has 0 fully saturated rings. The zero-order chi connectivity index (χ0) is 11.5. The van der Waals surface area contributed by atoms with E-state index in [1.807, 2.05) is 36.4 Å². The van der Waals surface area contributed by atoms with Gasteiger partial charge in [0.25, 0.3) is 0 Å². The van der Waals surface area contributed by atoms with E-state index < -0.39 is 0 Å². The van der Waals surface area contributed by atoms with Crippen molar-refractivity contribution < 1.29 is 4.79 Å². The third-order valence-corrected chi connectivity index (χ3v) is 2.64. The summed E-state index contributed by atoms with van der Waals surface area (Å²) < 4.78 is 0. The predicted octanol–water partition coefficient (Wildman–Crippen LogP) is 3.86. The summed E-state index contributed by atoms with van der Waals surface area (Å²) in [5.74, 6) is 0.108. The lowest BCUT2D eigenvalue weighted by Gasteiger charge is -2.07. The Morgan fingerprint density at radius 2 is 1.75 bits per heavy atom.